The van der Waals surface area contributed by atoms with Gasteiger partial charge < -0.3 is 15.5 Å². The topological polar surface area (TPSA) is 99.5 Å². The van der Waals surface area contributed by atoms with E-state index in [-0.39, 0.29) is 11.4 Å². The lowest BCUT2D eigenvalue weighted by Gasteiger charge is -2.12. The van der Waals surface area contributed by atoms with Gasteiger partial charge in [-0.05, 0) is 30.0 Å². The molecule has 3 aromatic rings. The molecule has 0 radical (unpaired) electrons. The first kappa shape index (κ1) is 17.8. The fraction of sp³-hybridized carbons (Fsp3) is 0.105. The van der Waals surface area contributed by atoms with Crippen molar-refractivity contribution in [1.29, 1.82) is 0 Å². The van der Waals surface area contributed by atoms with Crippen molar-refractivity contribution >= 4 is 34.4 Å². The van der Waals surface area contributed by atoms with Gasteiger partial charge in [-0.1, -0.05) is 42.1 Å². The Hall–Kier alpha value is -3.06. The molecule has 26 heavy (non-hydrogen) atoms. The molecule has 0 aliphatic carbocycles. The molecule has 0 saturated heterocycles. The van der Waals surface area contributed by atoms with Gasteiger partial charge in [0.15, 0.2) is 0 Å². The second-order valence-corrected chi connectivity index (χ2v) is 6.73. The largest absolute Gasteiger partial charge is 0.507 e. The number of carboxylic acid groups (broad SMARTS) is 1. The van der Waals surface area contributed by atoms with Crippen molar-refractivity contribution in [3.05, 3.63) is 59.9 Å². The van der Waals surface area contributed by atoms with Crippen molar-refractivity contribution in [2.75, 3.05) is 6.54 Å². The number of nitrogens with zero attached hydrogens (tertiary/aromatic N) is 1. The monoisotopic (exact) mass is 368 g/mol. The van der Waals surface area contributed by atoms with Crippen molar-refractivity contribution in [1.82, 2.24) is 10.3 Å². The summed E-state index contributed by atoms with van der Waals surface area (Å²) in [5.74, 6) is -1.60. The van der Waals surface area contributed by atoms with E-state index in [9.17, 15) is 14.7 Å². The molecule has 0 aliphatic heterocycles. The molecule has 3 rings (SSSR count). The number of pyridine rings is 1. The van der Waals surface area contributed by atoms with E-state index in [1.54, 1.807) is 18.3 Å². The summed E-state index contributed by atoms with van der Waals surface area (Å²) in [6.45, 7) is 1.38. The summed E-state index contributed by atoms with van der Waals surface area (Å²) in [5, 5.41) is 23.0. The summed E-state index contributed by atoms with van der Waals surface area (Å²) in [6, 6.07) is 12.7. The minimum absolute atomic E-state index is 0.111. The summed E-state index contributed by atoms with van der Waals surface area (Å²) in [5.41, 5.74) is 1.04. The van der Waals surface area contributed by atoms with Crippen LogP contribution in [0.25, 0.3) is 10.8 Å². The highest BCUT2D eigenvalue weighted by atomic mass is 32.2. The summed E-state index contributed by atoms with van der Waals surface area (Å²) < 4.78 is 0. The van der Waals surface area contributed by atoms with E-state index in [1.807, 2.05) is 37.3 Å². The normalized spacial score (nSPS) is 10.7. The van der Waals surface area contributed by atoms with Crippen LogP contribution in [-0.4, -0.2) is 33.6 Å². The first-order chi connectivity index (χ1) is 12.5. The summed E-state index contributed by atoms with van der Waals surface area (Å²) in [7, 11) is 0. The first-order valence-corrected chi connectivity index (χ1v) is 8.62. The van der Waals surface area contributed by atoms with Gasteiger partial charge in [-0.15, -0.1) is 0 Å². The Morgan fingerprint density at radius 3 is 2.69 bits per heavy atom. The average molecular weight is 368 g/mol. The zero-order chi connectivity index (χ0) is 18.7. The molecule has 0 fully saturated rings. The maximum absolute atomic E-state index is 12.4. The molecule has 7 heteroatoms. The average Bonchev–Trinajstić information content (AvgIpc) is 2.62. The van der Waals surface area contributed by atoms with Gasteiger partial charge >= 0.3 is 5.97 Å². The third kappa shape index (κ3) is 3.78. The molecule has 0 aliphatic rings. The third-order valence-corrected chi connectivity index (χ3v) is 4.88. The van der Waals surface area contributed by atoms with Crippen LogP contribution in [-0.2, 0) is 4.79 Å². The number of hydrogen-bond acceptors (Lipinski definition) is 5. The van der Waals surface area contributed by atoms with E-state index < -0.39 is 18.4 Å². The van der Waals surface area contributed by atoms with Gasteiger partial charge in [-0.3, -0.25) is 9.59 Å². The van der Waals surface area contributed by atoms with Crippen LogP contribution in [0.1, 0.15) is 16.1 Å². The SMILES string of the molecule is Cc1ccc(Sc2c(C(=O)NCC(=O)O)ncc3ccccc23)c(O)c1. The lowest BCUT2D eigenvalue weighted by atomic mass is 10.1. The maximum atomic E-state index is 12.4. The Labute approximate surface area is 153 Å². The van der Waals surface area contributed by atoms with E-state index in [0.29, 0.717) is 9.79 Å². The van der Waals surface area contributed by atoms with Gasteiger partial charge in [0.2, 0.25) is 0 Å². The van der Waals surface area contributed by atoms with Crippen LogP contribution in [0.15, 0.2) is 58.5 Å². The molecule has 0 bridgehead atoms. The van der Waals surface area contributed by atoms with Crippen LogP contribution in [0.2, 0.25) is 0 Å². The molecule has 0 saturated carbocycles. The molecular formula is C19H16N2O4S. The second-order valence-electron chi connectivity index (χ2n) is 5.67. The van der Waals surface area contributed by atoms with Gasteiger partial charge in [0, 0.05) is 11.6 Å². The summed E-state index contributed by atoms with van der Waals surface area (Å²) >= 11 is 1.22. The van der Waals surface area contributed by atoms with Gasteiger partial charge in [0.1, 0.15) is 18.0 Å². The molecule has 1 heterocycles. The molecule has 1 aromatic heterocycles. The number of carbonyl (C=O) groups is 2. The number of hydrogen-bond donors (Lipinski definition) is 3. The Balaban J connectivity index is 2.08. The number of aromatic nitrogens is 1. The van der Waals surface area contributed by atoms with Crippen molar-refractivity contribution in [2.45, 2.75) is 16.7 Å². The predicted octanol–water partition coefficient (Wildman–Crippen LogP) is 3.21. The lowest BCUT2D eigenvalue weighted by molar-refractivity contribution is -0.135. The van der Waals surface area contributed by atoms with E-state index >= 15 is 0 Å². The van der Waals surface area contributed by atoms with Gasteiger partial charge in [0.05, 0.1) is 9.79 Å². The first-order valence-electron chi connectivity index (χ1n) is 7.81. The Kier molecular flexibility index (Phi) is 5.09. The standard InChI is InChI=1S/C19H16N2O4S/c1-11-6-7-15(14(22)8-11)26-18-13-5-3-2-4-12(13)9-20-17(18)19(25)21-10-16(23)24/h2-9,22H,10H2,1H3,(H,21,25)(H,23,24). The third-order valence-electron chi connectivity index (χ3n) is 3.69. The smallest absolute Gasteiger partial charge is 0.322 e. The molecule has 0 atom stereocenters. The van der Waals surface area contributed by atoms with Crippen LogP contribution in [0, 0.1) is 6.92 Å². The number of fused-ring (bicyclic) bond motifs is 1. The highest BCUT2D eigenvalue weighted by Crippen LogP contribution is 2.39. The number of benzene rings is 2. The maximum Gasteiger partial charge on any atom is 0.322 e. The Morgan fingerprint density at radius 2 is 1.96 bits per heavy atom. The van der Waals surface area contributed by atoms with Crippen LogP contribution in [0.4, 0.5) is 0 Å². The minimum Gasteiger partial charge on any atom is -0.507 e. The summed E-state index contributed by atoms with van der Waals surface area (Å²) in [4.78, 5) is 28.5. The number of nitrogens with one attached hydrogen (secondary N) is 1. The second kappa shape index (κ2) is 7.45. The number of phenolic OH excluding ortho intramolecular Hbond substituents is 1. The molecule has 2 aromatic carbocycles. The van der Waals surface area contributed by atoms with E-state index in [4.69, 9.17) is 5.11 Å². The number of rotatable bonds is 5. The van der Waals surface area contributed by atoms with Crippen molar-refractivity contribution < 1.29 is 19.8 Å². The molecule has 6 nitrogen and oxygen atoms in total. The van der Waals surface area contributed by atoms with Crippen molar-refractivity contribution in [2.24, 2.45) is 0 Å². The van der Waals surface area contributed by atoms with Crippen molar-refractivity contribution in [3.8, 4) is 5.75 Å². The molecule has 3 N–H and O–H groups in total. The highest BCUT2D eigenvalue weighted by Gasteiger charge is 2.19. The number of phenols is 1. The lowest BCUT2D eigenvalue weighted by Crippen LogP contribution is -2.30. The number of amides is 1. The Morgan fingerprint density at radius 1 is 1.19 bits per heavy atom. The van der Waals surface area contributed by atoms with Crippen LogP contribution >= 0.6 is 11.8 Å². The molecular weight excluding hydrogens is 352 g/mol. The van der Waals surface area contributed by atoms with E-state index in [2.05, 4.69) is 10.3 Å². The molecule has 0 unspecified atom stereocenters. The van der Waals surface area contributed by atoms with E-state index in [0.717, 1.165) is 16.3 Å². The quantitative estimate of drug-likeness (QED) is 0.639. The van der Waals surface area contributed by atoms with Gasteiger partial charge in [-0.2, -0.15) is 0 Å². The minimum atomic E-state index is -1.13. The zero-order valence-corrected chi connectivity index (χ0v) is 14.7. The summed E-state index contributed by atoms with van der Waals surface area (Å²) in [6.07, 6.45) is 1.57. The number of aliphatic carboxylic acids is 1. The highest BCUT2D eigenvalue weighted by molar-refractivity contribution is 7.99. The van der Waals surface area contributed by atoms with E-state index in [1.165, 1.54) is 11.8 Å². The van der Waals surface area contributed by atoms with Crippen LogP contribution < -0.4 is 5.32 Å². The van der Waals surface area contributed by atoms with Crippen molar-refractivity contribution in [3.63, 3.8) is 0 Å². The molecule has 1 amide bonds. The number of carboxylic acids is 1. The zero-order valence-electron chi connectivity index (χ0n) is 13.9. The van der Waals surface area contributed by atoms with Crippen LogP contribution in [0.3, 0.4) is 0 Å². The molecule has 132 valence electrons. The fourth-order valence-electron chi connectivity index (χ4n) is 2.46. The Bertz CT molecular complexity index is 1000. The molecule has 0 spiro atoms. The number of aryl methyl sites for hydroxylation is 1. The number of aromatic hydroxyl groups is 1. The number of carbonyl (C=O) groups excluding carboxylic acids is 1. The van der Waals surface area contributed by atoms with Gasteiger partial charge in [-0.25, -0.2) is 4.98 Å². The van der Waals surface area contributed by atoms with Gasteiger partial charge in [0.25, 0.3) is 5.91 Å². The predicted molar refractivity (Wildman–Crippen MR) is 98.7 cm³/mol. The fourth-order valence-corrected chi connectivity index (χ4v) is 3.52. The van der Waals surface area contributed by atoms with Crippen LogP contribution in [0.5, 0.6) is 5.75 Å².